The molecule has 0 spiro atoms. The number of benzene rings is 2. The number of nitrogens with zero attached hydrogens (tertiary/aromatic N) is 1. The van der Waals surface area contributed by atoms with Gasteiger partial charge in [-0.25, -0.2) is 0 Å². The number of nitrogens with two attached hydrogens (primary N) is 1. The molecular formula is C15H13ClN2O. The van der Waals surface area contributed by atoms with Crippen LogP contribution >= 0.6 is 11.6 Å². The minimum Gasteiger partial charge on any atom is -0.507 e. The van der Waals surface area contributed by atoms with E-state index in [9.17, 15) is 5.11 Å². The summed E-state index contributed by atoms with van der Waals surface area (Å²) in [7, 11) is 0. The van der Waals surface area contributed by atoms with Gasteiger partial charge in [0.15, 0.2) is 0 Å². The second kappa shape index (κ2) is 4.68. The highest BCUT2D eigenvalue weighted by atomic mass is 35.5. The molecular weight excluding hydrogens is 260 g/mol. The second-order valence-corrected chi connectivity index (χ2v) is 4.89. The molecule has 3 nitrogen and oxygen atoms in total. The van der Waals surface area contributed by atoms with Gasteiger partial charge in [-0.1, -0.05) is 23.7 Å². The van der Waals surface area contributed by atoms with Gasteiger partial charge in [0.2, 0.25) is 0 Å². The van der Waals surface area contributed by atoms with Crippen LogP contribution in [0.2, 0.25) is 5.02 Å². The zero-order valence-electron chi connectivity index (χ0n) is 10.2. The predicted octanol–water partition coefficient (Wildman–Crippen LogP) is 3.25. The third-order valence-electron chi connectivity index (χ3n) is 3.22. The lowest BCUT2D eigenvalue weighted by atomic mass is 10.0. The number of aromatic hydroxyl groups is 1. The number of pyridine rings is 1. The first kappa shape index (κ1) is 12.2. The van der Waals surface area contributed by atoms with Crippen molar-refractivity contribution >= 4 is 33.3 Å². The van der Waals surface area contributed by atoms with Gasteiger partial charge in [-0.2, -0.15) is 0 Å². The average molecular weight is 273 g/mol. The minimum atomic E-state index is 0.219. The van der Waals surface area contributed by atoms with E-state index in [2.05, 4.69) is 4.98 Å². The monoisotopic (exact) mass is 272 g/mol. The molecule has 0 aliphatic rings. The van der Waals surface area contributed by atoms with Gasteiger partial charge in [0, 0.05) is 22.2 Å². The van der Waals surface area contributed by atoms with E-state index in [0.717, 1.165) is 27.4 Å². The number of rotatable bonds is 2. The molecule has 1 heterocycles. The molecule has 0 amide bonds. The highest BCUT2D eigenvalue weighted by Gasteiger charge is 2.11. The van der Waals surface area contributed by atoms with Crippen molar-refractivity contribution in [3.8, 4) is 5.75 Å². The zero-order chi connectivity index (χ0) is 13.4. The van der Waals surface area contributed by atoms with Crippen molar-refractivity contribution in [2.24, 2.45) is 5.73 Å². The fourth-order valence-electron chi connectivity index (χ4n) is 2.41. The summed E-state index contributed by atoms with van der Waals surface area (Å²) in [6.45, 7) is 0.537. The van der Waals surface area contributed by atoms with Crippen LogP contribution in [0, 0.1) is 0 Å². The molecule has 3 aromatic rings. The number of phenols is 1. The molecule has 0 atom stereocenters. The molecule has 0 unspecified atom stereocenters. The lowest BCUT2D eigenvalue weighted by Crippen LogP contribution is -2.05. The summed E-state index contributed by atoms with van der Waals surface area (Å²) in [5.41, 5.74) is 7.34. The lowest BCUT2D eigenvalue weighted by Gasteiger charge is -2.10. The summed E-state index contributed by atoms with van der Waals surface area (Å²) in [5.74, 6) is 0.219. The quantitative estimate of drug-likeness (QED) is 0.704. The number of phenolic OH excluding ortho intramolecular Hbond substituents is 1. The maximum Gasteiger partial charge on any atom is 0.125 e. The fraction of sp³-hybridized carbons (Fsp3) is 0.133. The van der Waals surface area contributed by atoms with Gasteiger partial charge in [-0.3, -0.25) is 4.98 Å². The lowest BCUT2D eigenvalue weighted by molar-refractivity contribution is 0.482. The maximum absolute atomic E-state index is 10.1. The van der Waals surface area contributed by atoms with Crippen LogP contribution < -0.4 is 5.73 Å². The van der Waals surface area contributed by atoms with Crippen LogP contribution in [-0.4, -0.2) is 16.6 Å². The van der Waals surface area contributed by atoms with Crippen LogP contribution in [0.3, 0.4) is 0 Å². The minimum absolute atomic E-state index is 0.219. The Bertz CT molecular complexity index is 771. The van der Waals surface area contributed by atoms with Crippen LogP contribution in [0.4, 0.5) is 0 Å². The van der Waals surface area contributed by atoms with Gasteiger partial charge in [-0.05, 0) is 36.2 Å². The van der Waals surface area contributed by atoms with E-state index in [4.69, 9.17) is 17.3 Å². The predicted molar refractivity (Wildman–Crippen MR) is 78.7 cm³/mol. The summed E-state index contributed by atoms with van der Waals surface area (Å²) < 4.78 is 0. The Morgan fingerprint density at radius 3 is 2.79 bits per heavy atom. The molecule has 4 heteroatoms. The van der Waals surface area contributed by atoms with Gasteiger partial charge in [-0.15, -0.1) is 0 Å². The van der Waals surface area contributed by atoms with Crippen molar-refractivity contribution in [2.75, 3.05) is 6.54 Å². The van der Waals surface area contributed by atoms with Crippen LogP contribution in [0.5, 0.6) is 5.75 Å². The third-order valence-corrected chi connectivity index (χ3v) is 3.45. The maximum atomic E-state index is 10.1. The number of halogens is 1. The summed E-state index contributed by atoms with van der Waals surface area (Å²) in [5, 5.41) is 13.4. The molecule has 0 radical (unpaired) electrons. The van der Waals surface area contributed by atoms with E-state index < -0.39 is 0 Å². The highest BCUT2D eigenvalue weighted by Crippen LogP contribution is 2.34. The Hall–Kier alpha value is -1.84. The summed E-state index contributed by atoms with van der Waals surface area (Å²) >= 11 is 6.07. The molecule has 2 aromatic carbocycles. The van der Waals surface area contributed by atoms with Crippen molar-refractivity contribution in [3.05, 3.63) is 47.1 Å². The summed E-state index contributed by atoms with van der Waals surface area (Å²) in [6, 6.07) is 11.0. The zero-order valence-corrected chi connectivity index (χ0v) is 11.0. The van der Waals surface area contributed by atoms with Crippen LogP contribution in [-0.2, 0) is 6.42 Å². The first-order chi connectivity index (χ1) is 9.20. The summed E-state index contributed by atoms with van der Waals surface area (Å²) in [4.78, 5) is 4.60. The van der Waals surface area contributed by atoms with E-state index >= 15 is 0 Å². The molecule has 3 N–H and O–H groups in total. The summed E-state index contributed by atoms with van der Waals surface area (Å²) in [6.07, 6.45) is 0.698. The van der Waals surface area contributed by atoms with Gasteiger partial charge in [0.25, 0.3) is 0 Å². The number of aromatic nitrogens is 1. The van der Waals surface area contributed by atoms with Crippen LogP contribution in [0.25, 0.3) is 21.7 Å². The van der Waals surface area contributed by atoms with Crippen molar-refractivity contribution in [2.45, 2.75) is 6.42 Å². The molecule has 0 saturated carbocycles. The number of hydrogen-bond acceptors (Lipinski definition) is 3. The second-order valence-electron chi connectivity index (χ2n) is 4.46. The van der Waals surface area contributed by atoms with E-state index in [1.54, 1.807) is 12.1 Å². The van der Waals surface area contributed by atoms with Crippen molar-refractivity contribution < 1.29 is 5.11 Å². The van der Waals surface area contributed by atoms with E-state index in [-0.39, 0.29) is 5.75 Å². The first-order valence-electron chi connectivity index (χ1n) is 6.10. The largest absolute Gasteiger partial charge is 0.507 e. The van der Waals surface area contributed by atoms with Gasteiger partial charge < -0.3 is 10.8 Å². The van der Waals surface area contributed by atoms with Crippen LogP contribution in [0.1, 0.15) is 5.69 Å². The Morgan fingerprint density at radius 2 is 2.00 bits per heavy atom. The fourth-order valence-corrected chi connectivity index (χ4v) is 2.58. The smallest absolute Gasteiger partial charge is 0.125 e. The van der Waals surface area contributed by atoms with Crippen molar-refractivity contribution in [1.82, 2.24) is 4.98 Å². The SMILES string of the molecule is NCCc1nc2cccc(O)c2c2cc(Cl)ccc12. The molecule has 0 aliphatic carbocycles. The van der Waals surface area contributed by atoms with E-state index in [1.165, 1.54) is 0 Å². The molecule has 3 rings (SSSR count). The first-order valence-corrected chi connectivity index (χ1v) is 6.48. The number of hydrogen-bond donors (Lipinski definition) is 2. The Labute approximate surface area is 115 Å². The Balaban J connectivity index is 2.51. The van der Waals surface area contributed by atoms with Crippen molar-refractivity contribution in [3.63, 3.8) is 0 Å². The standard InChI is InChI=1S/C15H13ClN2O/c16-9-4-5-10-11(8-9)15-13(2-1-3-14(15)19)18-12(10)6-7-17/h1-5,8,19H,6-7,17H2. The molecule has 0 fully saturated rings. The normalized spacial score (nSPS) is 11.3. The van der Waals surface area contributed by atoms with Gasteiger partial charge in [0.05, 0.1) is 11.2 Å². The van der Waals surface area contributed by atoms with E-state index in [1.807, 2.05) is 24.3 Å². The molecule has 96 valence electrons. The molecule has 0 bridgehead atoms. The average Bonchev–Trinajstić information content (AvgIpc) is 2.38. The molecule has 19 heavy (non-hydrogen) atoms. The highest BCUT2D eigenvalue weighted by molar-refractivity contribution is 6.32. The van der Waals surface area contributed by atoms with Crippen LogP contribution in [0.15, 0.2) is 36.4 Å². The number of fused-ring (bicyclic) bond motifs is 3. The Kier molecular flexibility index (Phi) is 3.01. The molecule has 1 aromatic heterocycles. The molecule has 0 aliphatic heterocycles. The molecule has 0 saturated heterocycles. The Morgan fingerprint density at radius 1 is 1.16 bits per heavy atom. The topological polar surface area (TPSA) is 59.1 Å². The third kappa shape index (κ3) is 2.01. The van der Waals surface area contributed by atoms with Gasteiger partial charge in [0.1, 0.15) is 5.75 Å². The van der Waals surface area contributed by atoms with Gasteiger partial charge >= 0.3 is 0 Å². The van der Waals surface area contributed by atoms with E-state index in [0.29, 0.717) is 18.0 Å². The van der Waals surface area contributed by atoms with Crippen molar-refractivity contribution in [1.29, 1.82) is 0 Å².